The number of nitrogens with one attached hydrogen (secondary N) is 1. The van der Waals surface area contributed by atoms with Gasteiger partial charge in [-0.25, -0.2) is 4.79 Å². The van der Waals surface area contributed by atoms with Crippen molar-refractivity contribution in [2.24, 2.45) is 0 Å². The first-order valence-corrected chi connectivity index (χ1v) is 7.70. The Morgan fingerprint density at radius 2 is 2.05 bits per heavy atom. The number of rotatable bonds is 4. The molecule has 2 N–H and O–H groups in total. The molecule has 2 rings (SSSR count). The molecule has 5 heteroatoms. The minimum atomic E-state index is -0.614. The van der Waals surface area contributed by atoms with Crippen molar-refractivity contribution in [1.82, 2.24) is 10.2 Å². The minimum absolute atomic E-state index is 0.0858. The summed E-state index contributed by atoms with van der Waals surface area (Å²) < 4.78 is 5.30. The second-order valence-electron chi connectivity index (χ2n) is 7.01. The van der Waals surface area contributed by atoms with Crippen LogP contribution in [0, 0.1) is 0 Å². The number of benzene rings is 1. The van der Waals surface area contributed by atoms with Crippen LogP contribution in [0.2, 0.25) is 0 Å². The third-order valence-corrected chi connectivity index (χ3v) is 3.75. The average molecular weight is 306 g/mol. The highest BCUT2D eigenvalue weighted by Crippen LogP contribution is 2.23. The Balaban J connectivity index is 1.93. The molecule has 5 nitrogen and oxygen atoms in total. The Kier molecular flexibility index (Phi) is 5.08. The van der Waals surface area contributed by atoms with Crippen LogP contribution in [0.25, 0.3) is 0 Å². The molecular formula is C17H26N2O3. The lowest BCUT2D eigenvalue weighted by molar-refractivity contribution is 0.0404. The van der Waals surface area contributed by atoms with Crippen LogP contribution in [0.5, 0.6) is 0 Å². The number of likely N-dealkylation sites (tertiary alicyclic amines) is 1. The monoisotopic (exact) mass is 306 g/mol. The summed E-state index contributed by atoms with van der Waals surface area (Å²) in [5.74, 6) is 0. The standard InChI is InChI=1S/C17H26N2O3/c1-16(2,3)22-15(21)18-17(13-20)9-10-19(12-17)11-14-7-5-4-6-8-14/h4-8,20H,9-13H2,1-3H3,(H,18,21)/t17-/m0/s1. The normalized spacial score (nSPS) is 22.5. The number of aliphatic hydroxyl groups is 1. The van der Waals surface area contributed by atoms with Crippen LogP contribution in [0.15, 0.2) is 30.3 Å². The van der Waals surface area contributed by atoms with Crippen molar-refractivity contribution in [1.29, 1.82) is 0 Å². The number of carbonyl (C=O) groups is 1. The second-order valence-corrected chi connectivity index (χ2v) is 7.01. The number of aliphatic hydroxyl groups excluding tert-OH is 1. The molecule has 0 saturated carbocycles. The summed E-state index contributed by atoms with van der Waals surface area (Å²) in [7, 11) is 0. The van der Waals surface area contributed by atoms with Crippen molar-refractivity contribution < 1.29 is 14.6 Å². The van der Waals surface area contributed by atoms with Crippen LogP contribution < -0.4 is 5.32 Å². The Labute approximate surface area is 132 Å². The number of ether oxygens (including phenoxy) is 1. The summed E-state index contributed by atoms with van der Waals surface area (Å²) in [6, 6.07) is 10.2. The summed E-state index contributed by atoms with van der Waals surface area (Å²) in [6.45, 7) is 7.68. The molecule has 0 spiro atoms. The van der Waals surface area contributed by atoms with Gasteiger partial charge in [-0.2, -0.15) is 0 Å². The van der Waals surface area contributed by atoms with E-state index in [4.69, 9.17) is 4.74 Å². The van der Waals surface area contributed by atoms with Gasteiger partial charge in [0.2, 0.25) is 0 Å². The van der Waals surface area contributed by atoms with Crippen molar-refractivity contribution in [2.75, 3.05) is 19.7 Å². The van der Waals surface area contributed by atoms with Crippen LogP contribution in [0.4, 0.5) is 4.79 Å². The second kappa shape index (κ2) is 6.67. The molecule has 1 heterocycles. The summed E-state index contributed by atoms with van der Waals surface area (Å²) in [5.41, 5.74) is 0.0775. The molecule has 1 aromatic carbocycles. The maximum Gasteiger partial charge on any atom is 0.408 e. The molecule has 0 radical (unpaired) electrons. The molecule has 22 heavy (non-hydrogen) atoms. The van der Waals surface area contributed by atoms with Crippen molar-refractivity contribution in [3.8, 4) is 0 Å². The molecule has 1 saturated heterocycles. The maximum absolute atomic E-state index is 12.0. The number of amides is 1. The zero-order chi connectivity index (χ0) is 16.2. The van der Waals surface area contributed by atoms with E-state index in [-0.39, 0.29) is 6.61 Å². The number of carbonyl (C=O) groups excluding carboxylic acids is 1. The molecule has 0 bridgehead atoms. The van der Waals surface area contributed by atoms with Crippen LogP contribution in [-0.4, -0.2) is 46.9 Å². The smallest absolute Gasteiger partial charge is 0.408 e. The highest BCUT2D eigenvalue weighted by Gasteiger charge is 2.39. The molecular weight excluding hydrogens is 280 g/mol. The largest absolute Gasteiger partial charge is 0.444 e. The zero-order valence-electron chi connectivity index (χ0n) is 13.6. The van der Waals surface area contributed by atoms with E-state index in [2.05, 4.69) is 22.3 Å². The Morgan fingerprint density at radius 1 is 1.36 bits per heavy atom. The van der Waals surface area contributed by atoms with Crippen molar-refractivity contribution in [2.45, 2.75) is 44.9 Å². The van der Waals surface area contributed by atoms with Gasteiger partial charge in [-0.15, -0.1) is 0 Å². The zero-order valence-corrected chi connectivity index (χ0v) is 13.6. The molecule has 1 fully saturated rings. The number of nitrogens with zero attached hydrogens (tertiary/aromatic N) is 1. The van der Waals surface area contributed by atoms with Gasteiger partial charge >= 0.3 is 6.09 Å². The summed E-state index contributed by atoms with van der Waals surface area (Å²) >= 11 is 0. The first-order chi connectivity index (χ1) is 10.3. The highest BCUT2D eigenvalue weighted by molar-refractivity contribution is 5.69. The van der Waals surface area contributed by atoms with E-state index in [1.807, 2.05) is 39.0 Å². The van der Waals surface area contributed by atoms with Crippen LogP contribution >= 0.6 is 0 Å². The number of hydrogen-bond acceptors (Lipinski definition) is 4. The molecule has 0 aliphatic carbocycles. The van der Waals surface area contributed by atoms with E-state index >= 15 is 0 Å². The van der Waals surface area contributed by atoms with E-state index in [0.29, 0.717) is 6.54 Å². The predicted octanol–water partition coefficient (Wildman–Crippen LogP) is 2.15. The van der Waals surface area contributed by atoms with Gasteiger partial charge in [0.25, 0.3) is 0 Å². The summed E-state index contributed by atoms with van der Waals surface area (Å²) in [5, 5.41) is 12.6. The lowest BCUT2D eigenvalue weighted by Crippen LogP contribution is -2.54. The van der Waals surface area contributed by atoms with Gasteiger partial charge in [-0.3, -0.25) is 4.90 Å². The van der Waals surface area contributed by atoms with E-state index in [1.54, 1.807) is 0 Å². The minimum Gasteiger partial charge on any atom is -0.444 e. The third kappa shape index (κ3) is 4.71. The van der Waals surface area contributed by atoms with E-state index < -0.39 is 17.2 Å². The van der Waals surface area contributed by atoms with E-state index in [0.717, 1.165) is 19.5 Å². The van der Waals surface area contributed by atoms with Gasteiger partial charge in [-0.1, -0.05) is 30.3 Å². The van der Waals surface area contributed by atoms with Gasteiger partial charge in [0.15, 0.2) is 0 Å². The van der Waals surface area contributed by atoms with Crippen molar-refractivity contribution in [3.63, 3.8) is 0 Å². The fourth-order valence-corrected chi connectivity index (χ4v) is 2.73. The Hall–Kier alpha value is -1.59. The lowest BCUT2D eigenvalue weighted by Gasteiger charge is -2.30. The quantitative estimate of drug-likeness (QED) is 0.895. The van der Waals surface area contributed by atoms with Crippen LogP contribution in [0.3, 0.4) is 0 Å². The molecule has 1 aliphatic rings. The molecule has 0 aromatic heterocycles. The van der Waals surface area contributed by atoms with Gasteiger partial charge < -0.3 is 15.2 Å². The molecule has 1 atom stereocenters. The van der Waals surface area contributed by atoms with Gasteiger partial charge in [0.1, 0.15) is 5.60 Å². The topological polar surface area (TPSA) is 61.8 Å². The number of hydrogen-bond donors (Lipinski definition) is 2. The average Bonchev–Trinajstić information content (AvgIpc) is 2.81. The van der Waals surface area contributed by atoms with E-state index in [1.165, 1.54) is 5.56 Å². The fraction of sp³-hybridized carbons (Fsp3) is 0.588. The number of alkyl carbamates (subject to hydrolysis) is 1. The summed E-state index contributed by atoms with van der Waals surface area (Å²) in [4.78, 5) is 14.2. The van der Waals surface area contributed by atoms with Crippen molar-refractivity contribution >= 4 is 6.09 Å². The SMILES string of the molecule is CC(C)(C)OC(=O)N[C@@]1(CO)CCN(Cc2ccccc2)C1. The maximum atomic E-state index is 12.0. The van der Waals surface area contributed by atoms with Crippen molar-refractivity contribution in [3.05, 3.63) is 35.9 Å². The lowest BCUT2D eigenvalue weighted by atomic mass is 10.0. The third-order valence-electron chi connectivity index (χ3n) is 3.75. The van der Waals surface area contributed by atoms with E-state index in [9.17, 15) is 9.90 Å². The molecule has 1 amide bonds. The molecule has 122 valence electrons. The predicted molar refractivity (Wildman–Crippen MR) is 85.5 cm³/mol. The first kappa shape index (κ1) is 16.8. The Bertz CT molecular complexity index is 498. The Morgan fingerprint density at radius 3 is 2.64 bits per heavy atom. The molecule has 0 unspecified atom stereocenters. The van der Waals surface area contributed by atoms with Crippen LogP contribution in [0.1, 0.15) is 32.8 Å². The highest BCUT2D eigenvalue weighted by atomic mass is 16.6. The first-order valence-electron chi connectivity index (χ1n) is 7.70. The molecule has 1 aromatic rings. The fourth-order valence-electron chi connectivity index (χ4n) is 2.73. The van der Waals surface area contributed by atoms with Gasteiger partial charge in [0, 0.05) is 19.6 Å². The van der Waals surface area contributed by atoms with Crippen LogP contribution in [-0.2, 0) is 11.3 Å². The molecule has 1 aliphatic heterocycles. The van der Waals surface area contributed by atoms with Gasteiger partial charge in [-0.05, 0) is 32.8 Å². The summed E-state index contributed by atoms with van der Waals surface area (Å²) in [6.07, 6.45) is 0.248. The van der Waals surface area contributed by atoms with Gasteiger partial charge in [0.05, 0.1) is 12.1 Å².